The number of amides is 2. The molecule has 0 atom stereocenters. The van der Waals surface area contributed by atoms with E-state index in [4.69, 9.17) is 27.9 Å². The molecule has 0 aliphatic rings. The zero-order valence-electron chi connectivity index (χ0n) is 14.5. The van der Waals surface area contributed by atoms with Crippen molar-refractivity contribution in [1.29, 1.82) is 0 Å². The van der Waals surface area contributed by atoms with Gasteiger partial charge in [0.15, 0.2) is 6.61 Å². The van der Waals surface area contributed by atoms with Gasteiger partial charge >= 0.3 is 0 Å². The number of rotatable bonds is 6. The molecule has 1 aromatic heterocycles. The number of anilines is 2. The summed E-state index contributed by atoms with van der Waals surface area (Å²) in [6.07, 6.45) is 0. The Morgan fingerprint density at radius 2 is 1.54 bits per heavy atom. The number of halogens is 2. The zero-order chi connectivity index (χ0) is 19.9. The van der Waals surface area contributed by atoms with Crippen LogP contribution in [0.5, 0.6) is 5.75 Å². The summed E-state index contributed by atoms with van der Waals surface area (Å²) < 4.78 is 5.49. The van der Waals surface area contributed by atoms with Gasteiger partial charge in [-0.3, -0.25) is 9.59 Å². The molecule has 6 nitrogen and oxygen atoms in total. The number of ether oxygens (including phenoxy) is 1. The van der Waals surface area contributed by atoms with Crippen molar-refractivity contribution in [1.82, 2.24) is 4.98 Å². The van der Waals surface area contributed by atoms with Crippen molar-refractivity contribution < 1.29 is 14.3 Å². The summed E-state index contributed by atoms with van der Waals surface area (Å²) in [6.45, 7) is -0.165. The highest BCUT2D eigenvalue weighted by molar-refractivity contribution is 6.33. The average molecular weight is 416 g/mol. The highest BCUT2D eigenvalue weighted by Gasteiger charge is 2.10. The second kappa shape index (κ2) is 9.21. The first-order valence-corrected chi connectivity index (χ1v) is 8.97. The van der Waals surface area contributed by atoms with Crippen molar-refractivity contribution in [3.8, 4) is 5.75 Å². The molecule has 0 saturated carbocycles. The molecule has 28 heavy (non-hydrogen) atoms. The van der Waals surface area contributed by atoms with Gasteiger partial charge in [-0.25, -0.2) is 4.98 Å². The topological polar surface area (TPSA) is 80.3 Å². The van der Waals surface area contributed by atoms with Gasteiger partial charge in [0.25, 0.3) is 11.8 Å². The fourth-order valence-electron chi connectivity index (χ4n) is 2.33. The van der Waals surface area contributed by atoms with E-state index in [1.54, 1.807) is 36.4 Å². The molecule has 3 rings (SSSR count). The number of hydrogen-bond acceptors (Lipinski definition) is 4. The third kappa shape index (κ3) is 5.70. The van der Waals surface area contributed by atoms with E-state index in [-0.39, 0.29) is 28.4 Å². The number of carbonyl (C=O) groups excluding carboxylic acids is 2. The smallest absolute Gasteiger partial charge is 0.262 e. The Labute approximate surface area is 171 Å². The molecule has 0 aliphatic carbocycles. The number of nitrogens with zero attached hydrogens (tertiary/aromatic N) is 1. The second-order valence-corrected chi connectivity index (χ2v) is 6.46. The summed E-state index contributed by atoms with van der Waals surface area (Å²) in [6, 6.07) is 18.6. The Bertz CT molecular complexity index is 977. The van der Waals surface area contributed by atoms with Crippen molar-refractivity contribution in [3.63, 3.8) is 0 Å². The Morgan fingerprint density at radius 1 is 0.857 bits per heavy atom. The number of para-hydroxylation sites is 1. The lowest BCUT2D eigenvalue weighted by Gasteiger charge is -2.10. The predicted molar refractivity (Wildman–Crippen MR) is 109 cm³/mol. The van der Waals surface area contributed by atoms with Crippen LogP contribution in [0.2, 0.25) is 10.3 Å². The number of hydrogen-bond donors (Lipinski definition) is 2. The molecule has 2 aromatic carbocycles. The van der Waals surface area contributed by atoms with Crippen LogP contribution >= 0.6 is 23.2 Å². The number of aromatic nitrogens is 1. The number of pyridine rings is 1. The Balaban J connectivity index is 1.59. The quantitative estimate of drug-likeness (QED) is 0.573. The highest BCUT2D eigenvalue weighted by atomic mass is 35.5. The standard InChI is InChI=1S/C20H15Cl2N3O3/c21-17-9-13(10-18(22)25-17)20(27)24-15-7-4-8-16(11-15)28-12-19(26)23-14-5-2-1-3-6-14/h1-11H,12H2,(H,23,26)(H,24,27). The summed E-state index contributed by atoms with van der Waals surface area (Å²) in [7, 11) is 0. The van der Waals surface area contributed by atoms with Crippen molar-refractivity contribution in [2.45, 2.75) is 0 Å². The van der Waals surface area contributed by atoms with Gasteiger partial charge in [-0.15, -0.1) is 0 Å². The van der Waals surface area contributed by atoms with Crippen molar-refractivity contribution in [2.75, 3.05) is 17.2 Å². The van der Waals surface area contributed by atoms with Crippen LogP contribution in [0.3, 0.4) is 0 Å². The third-order valence-corrected chi connectivity index (χ3v) is 3.93. The minimum absolute atomic E-state index is 0.124. The van der Waals surface area contributed by atoms with Crippen LogP contribution in [0, 0.1) is 0 Å². The van der Waals surface area contributed by atoms with Crippen LogP contribution in [0.25, 0.3) is 0 Å². The molecular weight excluding hydrogens is 401 g/mol. The van der Waals surface area contributed by atoms with Crippen molar-refractivity contribution in [3.05, 3.63) is 82.6 Å². The van der Waals surface area contributed by atoms with E-state index < -0.39 is 5.91 Å². The van der Waals surface area contributed by atoms with Gasteiger partial charge in [-0.1, -0.05) is 47.5 Å². The molecule has 0 radical (unpaired) electrons. The molecule has 142 valence electrons. The van der Waals surface area contributed by atoms with Gasteiger partial charge in [0.05, 0.1) is 0 Å². The first-order valence-electron chi connectivity index (χ1n) is 8.22. The maximum Gasteiger partial charge on any atom is 0.262 e. The first kappa shape index (κ1) is 19.7. The molecule has 0 saturated heterocycles. The Kier molecular flexibility index (Phi) is 6.47. The van der Waals surface area contributed by atoms with Gasteiger partial charge in [0, 0.05) is 23.0 Å². The number of carbonyl (C=O) groups is 2. The van der Waals surface area contributed by atoms with Gasteiger partial charge in [-0.05, 0) is 36.4 Å². The maximum atomic E-state index is 12.3. The molecule has 3 aromatic rings. The lowest BCUT2D eigenvalue weighted by atomic mass is 10.2. The molecule has 0 fully saturated rings. The summed E-state index contributed by atoms with van der Waals surface area (Å²) in [5, 5.41) is 5.69. The third-order valence-electron chi connectivity index (χ3n) is 3.54. The van der Waals surface area contributed by atoms with E-state index in [9.17, 15) is 9.59 Å². The maximum absolute atomic E-state index is 12.3. The van der Waals surface area contributed by atoms with E-state index in [0.29, 0.717) is 17.1 Å². The lowest BCUT2D eigenvalue weighted by molar-refractivity contribution is -0.118. The molecule has 0 bridgehead atoms. The first-order chi connectivity index (χ1) is 13.5. The number of nitrogens with one attached hydrogen (secondary N) is 2. The van der Waals surface area contributed by atoms with Crippen LogP contribution in [0.15, 0.2) is 66.7 Å². The van der Waals surface area contributed by atoms with Crippen molar-refractivity contribution >= 4 is 46.4 Å². The van der Waals surface area contributed by atoms with Crippen LogP contribution in [-0.4, -0.2) is 23.4 Å². The number of benzene rings is 2. The van der Waals surface area contributed by atoms with Gasteiger partial charge in [0.1, 0.15) is 16.1 Å². The monoisotopic (exact) mass is 415 g/mol. The summed E-state index contributed by atoms with van der Waals surface area (Å²) in [5.74, 6) is -0.251. The van der Waals surface area contributed by atoms with E-state index in [2.05, 4.69) is 15.6 Å². The minimum atomic E-state index is -0.398. The van der Waals surface area contributed by atoms with E-state index in [0.717, 1.165) is 0 Å². The molecule has 0 unspecified atom stereocenters. The highest BCUT2D eigenvalue weighted by Crippen LogP contribution is 2.20. The fraction of sp³-hybridized carbons (Fsp3) is 0.0500. The summed E-state index contributed by atoms with van der Waals surface area (Å²) in [5.41, 5.74) is 1.46. The molecule has 2 N–H and O–H groups in total. The zero-order valence-corrected chi connectivity index (χ0v) is 16.0. The molecule has 0 spiro atoms. The summed E-state index contributed by atoms with van der Waals surface area (Å²) >= 11 is 11.6. The molecule has 2 amide bonds. The SMILES string of the molecule is O=C(COc1cccc(NC(=O)c2cc(Cl)nc(Cl)c2)c1)Nc1ccccc1. The lowest BCUT2D eigenvalue weighted by Crippen LogP contribution is -2.20. The van der Waals surface area contributed by atoms with Crippen LogP contribution < -0.4 is 15.4 Å². The van der Waals surface area contributed by atoms with E-state index >= 15 is 0 Å². The van der Waals surface area contributed by atoms with Crippen LogP contribution in [0.1, 0.15) is 10.4 Å². The minimum Gasteiger partial charge on any atom is -0.484 e. The molecule has 8 heteroatoms. The normalized spacial score (nSPS) is 10.2. The molecular formula is C20H15Cl2N3O3. The van der Waals surface area contributed by atoms with Crippen LogP contribution in [-0.2, 0) is 4.79 Å². The fourth-order valence-corrected chi connectivity index (χ4v) is 2.79. The Hall–Kier alpha value is -3.09. The van der Waals surface area contributed by atoms with E-state index in [1.165, 1.54) is 12.1 Å². The molecule has 0 aliphatic heterocycles. The van der Waals surface area contributed by atoms with Gasteiger partial charge in [-0.2, -0.15) is 0 Å². The van der Waals surface area contributed by atoms with Gasteiger partial charge < -0.3 is 15.4 Å². The predicted octanol–water partition coefficient (Wildman–Crippen LogP) is 4.66. The van der Waals surface area contributed by atoms with Crippen LogP contribution in [0.4, 0.5) is 11.4 Å². The average Bonchev–Trinajstić information content (AvgIpc) is 2.67. The largest absolute Gasteiger partial charge is 0.484 e. The van der Waals surface area contributed by atoms with Crippen molar-refractivity contribution in [2.24, 2.45) is 0 Å². The Morgan fingerprint density at radius 3 is 2.25 bits per heavy atom. The molecule has 1 heterocycles. The van der Waals surface area contributed by atoms with Gasteiger partial charge in [0.2, 0.25) is 0 Å². The summed E-state index contributed by atoms with van der Waals surface area (Å²) in [4.78, 5) is 28.1. The second-order valence-electron chi connectivity index (χ2n) is 5.69. The van der Waals surface area contributed by atoms with E-state index in [1.807, 2.05) is 18.2 Å².